The lowest BCUT2D eigenvalue weighted by Gasteiger charge is -2.13. The molecule has 0 N–H and O–H groups in total. The minimum Gasteiger partial charge on any atom is -0.0843 e. The van der Waals surface area contributed by atoms with Gasteiger partial charge in [-0.25, -0.2) is 0 Å². The van der Waals surface area contributed by atoms with Gasteiger partial charge in [0.15, 0.2) is 0 Å². The number of alkyl halides is 1. The number of hydrogen-bond acceptors (Lipinski definition) is 0. The van der Waals surface area contributed by atoms with Crippen LogP contribution >= 0.6 is 27.5 Å². The molecule has 1 aromatic rings. The molecule has 0 heterocycles. The quantitative estimate of drug-likeness (QED) is 0.678. The summed E-state index contributed by atoms with van der Waals surface area (Å²) in [5.41, 5.74) is 1.25. The first-order valence-electron chi connectivity index (χ1n) is 4.01. The molecule has 0 fully saturated rings. The van der Waals surface area contributed by atoms with Gasteiger partial charge in [0.1, 0.15) is 0 Å². The zero-order valence-corrected chi connectivity index (χ0v) is 9.56. The van der Waals surface area contributed by atoms with Crippen LogP contribution in [0.25, 0.3) is 0 Å². The van der Waals surface area contributed by atoms with Crippen molar-refractivity contribution in [2.45, 2.75) is 18.7 Å². The second-order valence-corrected chi connectivity index (χ2v) is 4.62. The van der Waals surface area contributed by atoms with Crippen LogP contribution in [0.1, 0.15) is 24.2 Å². The van der Waals surface area contributed by atoms with Gasteiger partial charge in [-0.3, -0.25) is 0 Å². The summed E-state index contributed by atoms with van der Waals surface area (Å²) in [7, 11) is 0. The molecule has 2 heteroatoms. The van der Waals surface area contributed by atoms with Crippen molar-refractivity contribution in [2.75, 3.05) is 0 Å². The van der Waals surface area contributed by atoms with Gasteiger partial charge in [-0.05, 0) is 23.6 Å². The van der Waals surface area contributed by atoms with Crippen LogP contribution in [-0.2, 0) is 0 Å². The SMILES string of the molecule is CC(C)C(Br)c1cccc(Cl)c1. The highest BCUT2D eigenvalue weighted by molar-refractivity contribution is 9.09. The van der Waals surface area contributed by atoms with Crippen LogP contribution in [0, 0.1) is 5.92 Å². The van der Waals surface area contributed by atoms with Gasteiger partial charge in [0.2, 0.25) is 0 Å². The zero-order chi connectivity index (χ0) is 9.14. The molecule has 1 rings (SSSR count). The first-order valence-corrected chi connectivity index (χ1v) is 5.30. The van der Waals surface area contributed by atoms with E-state index in [1.807, 2.05) is 18.2 Å². The fourth-order valence-electron chi connectivity index (χ4n) is 1.06. The highest BCUT2D eigenvalue weighted by atomic mass is 79.9. The monoisotopic (exact) mass is 246 g/mol. The Hall–Kier alpha value is -0.0100. The molecular formula is C10H12BrCl. The number of halogens is 2. The van der Waals surface area contributed by atoms with Crippen LogP contribution in [0.2, 0.25) is 5.02 Å². The maximum Gasteiger partial charge on any atom is 0.0418 e. The highest BCUT2D eigenvalue weighted by Crippen LogP contribution is 2.31. The smallest absolute Gasteiger partial charge is 0.0418 e. The molecule has 0 nitrogen and oxygen atoms in total. The van der Waals surface area contributed by atoms with E-state index in [2.05, 4.69) is 35.8 Å². The minimum absolute atomic E-state index is 0.399. The molecule has 1 aromatic carbocycles. The Bertz CT molecular complexity index is 258. The van der Waals surface area contributed by atoms with Gasteiger partial charge in [0, 0.05) is 9.85 Å². The molecule has 0 bridgehead atoms. The Kier molecular flexibility index (Phi) is 3.60. The molecule has 66 valence electrons. The third-order valence-electron chi connectivity index (χ3n) is 1.75. The number of hydrogen-bond donors (Lipinski definition) is 0. The Morgan fingerprint density at radius 1 is 1.33 bits per heavy atom. The summed E-state index contributed by atoms with van der Waals surface area (Å²) in [5.74, 6) is 0.587. The number of benzene rings is 1. The molecule has 0 saturated carbocycles. The van der Waals surface area contributed by atoms with E-state index in [4.69, 9.17) is 11.6 Å². The second-order valence-electron chi connectivity index (χ2n) is 3.20. The number of rotatable bonds is 2. The van der Waals surface area contributed by atoms with Crippen LogP contribution in [0.5, 0.6) is 0 Å². The minimum atomic E-state index is 0.399. The van der Waals surface area contributed by atoms with E-state index in [1.54, 1.807) is 0 Å². The largest absolute Gasteiger partial charge is 0.0843 e. The molecule has 1 atom stereocenters. The average molecular weight is 248 g/mol. The van der Waals surface area contributed by atoms with Crippen molar-refractivity contribution in [3.63, 3.8) is 0 Å². The van der Waals surface area contributed by atoms with Crippen molar-refractivity contribution >= 4 is 27.5 Å². The average Bonchev–Trinajstić information content (AvgIpc) is 2.03. The van der Waals surface area contributed by atoms with Crippen LogP contribution in [0.15, 0.2) is 24.3 Å². The lowest BCUT2D eigenvalue weighted by molar-refractivity contribution is 0.641. The van der Waals surface area contributed by atoms with Gasteiger partial charge in [0.05, 0.1) is 0 Å². The lowest BCUT2D eigenvalue weighted by atomic mass is 10.0. The van der Waals surface area contributed by atoms with Crippen molar-refractivity contribution < 1.29 is 0 Å². The summed E-state index contributed by atoms with van der Waals surface area (Å²) in [6, 6.07) is 7.96. The molecule has 0 aliphatic rings. The molecule has 0 radical (unpaired) electrons. The maximum absolute atomic E-state index is 5.87. The van der Waals surface area contributed by atoms with E-state index < -0.39 is 0 Å². The molecule has 0 aliphatic heterocycles. The van der Waals surface area contributed by atoms with Gasteiger partial charge in [0.25, 0.3) is 0 Å². The van der Waals surface area contributed by atoms with E-state index >= 15 is 0 Å². The van der Waals surface area contributed by atoms with E-state index in [0.29, 0.717) is 10.7 Å². The maximum atomic E-state index is 5.87. The van der Waals surface area contributed by atoms with Crippen molar-refractivity contribution in [1.82, 2.24) is 0 Å². The van der Waals surface area contributed by atoms with Crippen molar-refractivity contribution in [3.05, 3.63) is 34.9 Å². The van der Waals surface area contributed by atoms with E-state index in [0.717, 1.165) is 5.02 Å². The van der Waals surface area contributed by atoms with Gasteiger partial charge in [-0.2, -0.15) is 0 Å². The Morgan fingerprint density at radius 3 is 2.50 bits per heavy atom. The third-order valence-corrected chi connectivity index (χ3v) is 3.57. The van der Waals surface area contributed by atoms with Crippen LogP contribution in [-0.4, -0.2) is 0 Å². The van der Waals surface area contributed by atoms with Crippen LogP contribution < -0.4 is 0 Å². The topological polar surface area (TPSA) is 0 Å². The molecule has 1 unspecified atom stereocenters. The van der Waals surface area contributed by atoms with E-state index in [9.17, 15) is 0 Å². The Balaban J connectivity index is 2.88. The van der Waals surface area contributed by atoms with Gasteiger partial charge >= 0.3 is 0 Å². The predicted octanol–water partition coefficient (Wildman–Crippen LogP) is 4.43. The van der Waals surface area contributed by atoms with Crippen LogP contribution in [0.4, 0.5) is 0 Å². The Labute approximate surface area is 87.1 Å². The summed E-state index contributed by atoms with van der Waals surface area (Å²) < 4.78 is 0. The molecule has 0 aliphatic carbocycles. The molecule has 0 amide bonds. The summed E-state index contributed by atoms with van der Waals surface area (Å²) in [6.45, 7) is 4.36. The molecule has 0 saturated heterocycles. The van der Waals surface area contributed by atoms with Gasteiger partial charge < -0.3 is 0 Å². The molecular weight excluding hydrogens is 235 g/mol. The van der Waals surface area contributed by atoms with E-state index in [-0.39, 0.29) is 0 Å². The highest BCUT2D eigenvalue weighted by Gasteiger charge is 2.11. The summed E-state index contributed by atoms with van der Waals surface area (Å²) >= 11 is 9.50. The van der Waals surface area contributed by atoms with Crippen LogP contribution in [0.3, 0.4) is 0 Å². The van der Waals surface area contributed by atoms with E-state index in [1.165, 1.54) is 5.56 Å². The molecule has 12 heavy (non-hydrogen) atoms. The zero-order valence-electron chi connectivity index (χ0n) is 7.22. The first-order chi connectivity index (χ1) is 5.61. The fraction of sp³-hybridized carbons (Fsp3) is 0.400. The van der Waals surface area contributed by atoms with Crippen molar-refractivity contribution in [2.24, 2.45) is 5.92 Å². The normalized spacial score (nSPS) is 13.4. The summed E-state index contributed by atoms with van der Waals surface area (Å²) in [5, 5.41) is 0.803. The fourth-order valence-corrected chi connectivity index (χ4v) is 1.55. The van der Waals surface area contributed by atoms with Gasteiger partial charge in [-0.1, -0.05) is 53.5 Å². The lowest BCUT2D eigenvalue weighted by Crippen LogP contribution is -1.97. The predicted molar refractivity (Wildman–Crippen MR) is 58.0 cm³/mol. The Morgan fingerprint density at radius 2 is 2.00 bits per heavy atom. The summed E-state index contributed by atoms with van der Waals surface area (Å²) in [6.07, 6.45) is 0. The van der Waals surface area contributed by atoms with Gasteiger partial charge in [-0.15, -0.1) is 0 Å². The molecule has 0 aromatic heterocycles. The standard InChI is InChI=1S/C10H12BrCl/c1-7(2)10(11)8-4-3-5-9(12)6-8/h3-7,10H,1-2H3. The van der Waals surface area contributed by atoms with Crippen molar-refractivity contribution in [1.29, 1.82) is 0 Å². The first kappa shape index (κ1) is 10.1. The van der Waals surface area contributed by atoms with Crippen molar-refractivity contribution in [3.8, 4) is 0 Å². The second kappa shape index (κ2) is 4.29. The molecule has 0 spiro atoms. The third kappa shape index (κ3) is 2.49. The summed E-state index contributed by atoms with van der Waals surface area (Å²) in [4.78, 5) is 0.399.